The van der Waals surface area contributed by atoms with Crippen molar-refractivity contribution in [3.05, 3.63) is 11.5 Å². The molecule has 0 aromatic carbocycles. The summed E-state index contributed by atoms with van der Waals surface area (Å²) in [6, 6.07) is 0. The van der Waals surface area contributed by atoms with Gasteiger partial charge in [0.15, 0.2) is 11.0 Å². The van der Waals surface area contributed by atoms with E-state index in [0.29, 0.717) is 17.3 Å². The molecule has 15 heavy (non-hydrogen) atoms. The number of anilines is 2. The molecule has 3 N–H and O–H groups in total. The SMILES string of the molecule is C#CCSCCNc1ncnc(Cl)c1N. The van der Waals surface area contributed by atoms with Crippen LogP contribution in [0.15, 0.2) is 6.33 Å². The van der Waals surface area contributed by atoms with Gasteiger partial charge in [-0.2, -0.15) is 0 Å². The van der Waals surface area contributed by atoms with Crippen LogP contribution in [0.25, 0.3) is 0 Å². The molecule has 0 saturated heterocycles. The molecule has 0 saturated carbocycles. The molecule has 0 atom stereocenters. The van der Waals surface area contributed by atoms with E-state index in [1.807, 2.05) is 0 Å². The van der Waals surface area contributed by atoms with E-state index in [-0.39, 0.29) is 5.15 Å². The van der Waals surface area contributed by atoms with Crippen molar-refractivity contribution in [3.63, 3.8) is 0 Å². The van der Waals surface area contributed by atoms with Gasteiger partial charge in [0.05, 0.1) is 5.75 Å². The molecule has 1 aromatic heterocycles. The maximum Gasteiger partial charge on any atom is 0.157 e. The standard InChI is InChI=1S/C9H11ClN4S/c1-2-4-15-5-3-12-9-7(11)8(10)13-6-14-9/h1,6H,3-5,11H2,(H,12,13,14). The second-order valence-electron chi connectivity index (χ2n) is 2.61. The van der Waals surface area contributed by atoms with Crippen LogP contribution in [0.3, 0.4) is 0 Å². The van der Waals surface area contributed by atoms with Crippen molar-refractivity contribution >= 4 is 34.9 Å². The highest BCUT2D eigenvalue weighted by atomic mass is 35.5. The van der Waals surface area contributed by atoms with Crippen molar-refractivity contribution in [1.82, 2.24) is 9.97 Å². The molecule has 4 nitrogen and oxygen atoms in total. The van der Waals surface area contributed by atoms with E-state index in [1.54, 1.807) is 11.8 Å². The Hall–Kier alpha value is -1.12. The highest BCUT2D eigenvalue weighted by Crippen LogP contribution is 2.21. The maximum absolute atomic E-state index is 5.73. The Morgan fingerprint density at radius 2 is 2.40 bits per heavy atom. The minimum absolute atomic E-state index is 0.267. The van der Waals surface area contributed by atoms with Crippen molar-refractivity contribution in [2.24, 2.45) is 0 Å². The normalized spacial score (nSPS) is 9.60. The van der Waals surface area contributed by atoms with Gasteiger partial charge in [0.1, 0.15) is 12.0 Å². The molecule has 0 bridgehead atoms. The number of aromatic nitrogens is 2. The molecule has 0 unspecified atom stereocenters. The number of nitrogens with one attached hydrogen (secondary N) is 1. The van der Waals surface area contributed by atoms with Gasteiger partial charge in [-0.1, -0.05) is 17.5 Å². The predicted molar refractivity (Wildman–Crippen MR) is 66.1 cm³/mol. The van der Waals surface area contributed by atoms with Gasteiger partial charge in [0.25, 0.3) is 0 Å². The molecule has 0 aliphatic heterocycles. The number of rotatable bonds is 5. The van der Waals surface area contributed by atoms with Crippen LogP contribution in [-0.4, -0.2) is 28.0 Å². The van der Waals surface area contributed by atoms with Gasteiger partial charge in [-0.25, -0.2) is 9.97 Å². The summed E-state index contributed by atoms with van der Waals surface area (Å²) in [6.45, 7) is 0.740. The third kappa shape index (κ3) is 3.86. The van der Waals surface area contributed by atoms with Gasteiger partial charge < -0.3 is 11.1 Å². The zero-order valence-corrected chi connectivity index (χ0v) is 9.61. The highest BCUT2D eigenvalue weighted by Gasteiger charge is 2.04. The quantitative estimate of drug-likeness (QED) is 0.465. The summed E-state index contributed by atoms with van der Waals surface area (Å²) in [7, 11) is 0. The number of thioether (sulfide) groups is 1. The fourth-order valence-electron chi connectivity index (χ4n) is 0.888. The fraction of sp³-hybridized carbons (Fsp3) is 0.333. The number of hydrogen-bond acceptors (Lipinski definition) is 5. The van der Waals surface area contributed by atoms with E-state index in [0.717, 1.165) is 12.3 Å². The summed E-state index contributed by atoms with van der Waals surface area (Å²) in [5.41, 5.74) is 6.04. The summed E-state index contributed by atoms with van der Waals surface area (Å²) in [5, 5.41) is 3.33. The number of nitrogen functional groups attached to an aromatic ring is 1. The average Bonchev–Trinajstić information content (AvgIpc) is 2.24. The van der Waals surface area contributed by atoms with Crippen LogP contribution in [-0.2, 0) is 0 Å². The summed E-state index contributed by atoms with van der Waals surface area (Å²) >= 11 is 7.40. The summed E-state index contributed by atoms with van der Waals surface area (Å²) in [6.07, 6.45) is 6.49. The number of halogens is 1. The maximum atomic E-state index is 5.73. The number of nitrogens with zero attached hydrogens (tertiary/aromatic N) is 2. The first-order valence-electron chi connectivity index (χ1n) is 4.26. The van der Waals surface area contributed by atoms with Gasteiger partial charge in [0.2, 0.25) is 0 Å². The van der Waals surface area contributed by atoms with E-state index >= 15 is 0 Å². The molecule has 0 spiro atoms. The lowest BCUT2D eigenvalue weighted by Gasteiger charge is -2.07. The molecule has 0 aliphatic carbocycles. The third-order valence-electron chi connectivity index (χ3n) is 1.56. The van der Waals surface area contributed by atoms with Crippen molar-refractivity contribution in [3.8, 4) is 12.3 Å². The summed E-state index contributed by atoms with van der Waals surface area (Å²) < 4.78 is 0. The molecule has 6 heteroatoms. The molecule has 80 valence electrons. The second kappa shape index (κ2) is 6.38. The van der Waals surface area contributed by atoms with Gasteiger partial charge >= 0.3 is 0 Å². The van der Waals surface area contributed by atoms with Gasteiger partial charge in [-0.3, -0.25) is 0 Å². The number of nitrogens with two attached hydrogens (primary N) is 1. The van der Waals surface area contributed by atoms with Gasteiger partial charge in [-0.15, -0.1) is 18.2 Å². The first-order valence-corrected chi connectivity index (χ1v) is 5.80. The van der Waals surface area contributed by atoms with E-state index < -0.39 is 0 Å². The van der Waals surface area contributed by atoms with E-state index in [4.69, 9.17) is 23.8 Å². The minimum atomic E-state index is 0.267. The van der Waals surface area contributed by atoms with Crippen LogP contribution in [0, 0.1) is 12.3 Å². The lowest BCUT2D eigenvalue weighted by atomic mass is 10.5. The Morgan fingerprint density at radius 1 is 1.60 bits per heavy atom. The zero-order chi connectivity index (χ0) is 11.1. The van der Waals surface area contributed by atoms with Crippen LogP contribution in [0.1, 0.15) is 0 Å². The molecular weight excluding hydrogens is 232 g/mol. The fourth-order valence-corrected chi connectivity index (χ4v) is 1.53. The topological polar surface area (TPSA) is 63.8 Å². The Kier molecular flexibility index (Phi) is 5.08. The van der Waals surface area contributed by atoms with Gasteiger partial charge in [0, 0.05) is 12.3 Å². The molecular formula is C9H11ClN4S. The van der Waals surface area contributed by atoms with Crippen molar-refractivity contribution in [2.45, 2.75) is 0 Å². The Bertz CT molecular complexity index is 364. The zero-order valence-electron chi connectivity index (χ0n) is 8.03. The van der Waals surface area contributed by atoms with Crippen molar-refractivity contribution in [2.75, 3.05) is 29.1 Å². The van der Waals surface area contributed by atoms with Gasteiger partial charge in [-0.05, 0) is 0 Å². The van der Waals surface area contributed by atoms with Crippen LogP contribution in [0.5, 0.6) is 0 Å². The molecule has 0 radical (unpaired) electrons. The molecule has 0 aliphatic rings. The van der Waals surface area contributed by atoms with E-state index in [9.17, 15) is 0 Å². The molecule has 1 aromatic rings. The van der Waals surface area contributed by atoms with Crippen LogP contribution >= 0.6 is 23.4 Å². The minimum Gasteiger partial charge on any atom is -0.393 e. The largest absolute Gasteiger partial charge is 0.393 e. The smallest absolute Gasteiger partial charge is 0.157 e. The van der Waals surface area contributed by atoms with E-state index in [2.05, 4.69) is 21.2 Å². The Labute approximate surface area is 98.0 Å². The average molecular weight is 243 g/mol. The molecule has 0 amide bonds. The van der Waals surface area contributed by atoms with Crippen molar-refractivity contribution in [1.29, 1.82) is 0 Å². The monoisotopic (exact) mass is 242 g/mol. The van der Waals surface area contributed by atoms with Crippen LogP contribution in [0.2, 0.25) is 5.15 Å². The first-order chi connectivity index (χ1) is 7.25. The first kappa shape index (κ1) is 12.0. The Morgan fingerprint density at radius 3 is 3.13 bits per heavy atom. The van der Waals surface area contributed by atoms with E-state index in [1.165, 1.54) is 6.33 Å². The number of hydrogen-bond donors (Lipinski definition) is 2. The van der Waals surface area contributed by atoms with Crippen LogP contribution in [0.4, 0.5) is 11.5 Å². The number of terminal acetylenes is 1. The second-order valence-corrected chi connectivity index (χ2v) is 4.07. The Balaban J connectivity index is 2.38. The predicted octanol–water partition coefficient (Wildman–Crippen LogP) is 1.49. The van der Waals surface area contributed by atoms with Crippen molar-refractivity contribution < 1.29 is 0 Å². The molecule has 0 fully saturated rings. The lowest BCUT2D eigenvalue weighted by Crippen LogP contribution is -2.09. The highest BCUT2D eigenvalue weighted by molar-refractivity contribution is 7.99. The molecule has 1 heterocycles. The van der Waals surface area contributed by atoms with Crippen LogP contribution < -0.4 is 11.1 Å². The summed E-state index contributed by atoms with van der Waals surface area (Å²) in [5.74, 6) is 4.72. The molecule has 1 rings (SSSR count). The third-order valence-corrected chi connectivity index (χ3v) is 2.72. The summed E-state index contributed by atoms with van der Waals surface area (Å²) in [4.78, 5) is 7.73. The lowest BCUT2D eigenvalue weighted by molar-refractivity contribution is 1.12.